The maximum atomic E-state index is 13.4. The summed E-state index contributed by atoms with van der Waals surface area (Å²) in [7, 11) is 0. The van der Waals surface area contributed by atoms with Gasteiger partial charge < -0.3 is 23.7 Å². The molecule has 0 fully saturated rings. The molecule has 0 aliphatic heterocycles. The summed E-state index contributed by atoms with van der Waals surface area (Å²) in [5, 5.41) is 0. The van der Waals surface area contributed by atoms with Crippen molar-refractivity contribution < 1.29 is 28.6 Å². The lowest BCUT2D eigenvalue weighted by molar-refractivity contribution is -0.136. The standard InChI is InChI=1S/C27H38N2O6/c1-6-29-21(5)25(20(4)26(29)27(32)35-8-3)23(30)17-28(15-12-16-33-7-2)24(31)19-34-18-22-13-10-9-11-14-22/h9-11,13-14H,6-8,12,15-19H2,1-5H3. The van der Waals surface area contributed by atoms with E-state index in [1.54, 1.807) is 18.4 Å². The molecule has 8 heteroatoms. The van der Waals surface area contributed by atoms with Gasteiger partial charge in [0.25, 0.3) is 0 Å². The second-order valence-corrected chi connectivity index (χ2v) is 8.17. The highest BCUT2D eigenvalue weighted by atomic mass is 16.5. The van der Waals surface area contributed by atoms with Crippen molar-refractivity contribution in [3.63, 3.8) is 0 Å². The fourth-order valence-corrected chi connectivity index (χ4v) is 4.13. The van der Waals surface area contributed by atoms with Gasteiger partial charge in [-0.2, -0.15) is 0 Å². The van der Waals surface area contributed by atoms with E-state index in [0.29, 0.717) is 61.8 Å². The molecule has 2 rings (SSSR count). The summed E-state index contributed by atoms with van der Waals surface area (Å²) in [6, 6.07) is 9.61. The summed E-state index contributed by atoms with van der Waals surface area (Å²) in [6.45, 7) is 11.5. The first-order chi connectivity index (χ1) is 16.8. The van der Waals surface area contributed by atoms with Crippen molar-refractivity contribution in [1.29, 1.82) is 0 Å². The largest absolute Gasteiger partial charge is 0.461 e. The van der Waals surface area contributed by atoms with Crippen molar-refractivity contribution in [2.45, 2.75) is 54.2 Å². The highest BCUT2D eigenvalue weighted by Crippen LogP contribution is 2.24. The van der Waals surface area contributed by atoms with Crippen molar-refractivity contribution in [3.8, 4) is 0 Å². The molecular weight excluding hydrogens is 448 g/mol. The molecule has 8 nitrogen and oxygen atoms in total. The monoisotopic (exact) mass is 486 g/mol. The number of esters is 1. The molecule has 1 heterocycles. The number of benzene rings is 1. The fourth-order valence-electron chi connectivity index (χ4n) is 4.13. The second-order valence-electron chi connectivity index (χ2n) is 8.17. The first kappa shape index (κ1) is 28.3. The molecule has 1 aromatic carbocycles. The molecule has 35 heavy (non-hydrogen) atoms. The second kappa shape index (κ2) is 14.4. The van der Waals surface area contributed by atoms with Crippen LogP contribution in [0.3, 0.4) is 0 Å². The first-order valence-corrected chi connectivity index (χ1v) is 12.2. The van der Waals surface area contributed by atoms with Gasteiger partial charge in [-0.05, 0) is 52.2 Å². The predicted molar refractivity (Wildman–Crippen MR) is 134 cm³/mol. The Bertz CT molecular complexity index is 983. The average Bonchev–Trinajstić information content (AvgIpc) is 3.10. The van der Waals surface area contributed by atoms with Crippen LogP contribution in [0.25, 0.3) is 0 Å². The zero-order valence-corrected chi connectivity index (χ0v) is 21.6. The number of carbonyl (C=O) groups is 3. The van der Waals surface area contributed by atoms with Crippen LogP contribution in [0, 0.1) is 13.8 Å². The van der Waals surface area contributed by atoms with E-state index in [4.69, 9.17) is 14.2 Å². The van der Waals surface area contributed by atoms with E-state index in [0.717, 1.165) is 5.56 Å². The van der Waals surface area contributed by atoms with E-state index >= 15 is 0 Å². The van der Waals surface area contributed by atoms with Crippen LogP contribution in [0.5, 0.6) is 0 Å². The number of hydrogen-bond acceptors (Lipinski definition) is 6. The molecule has 1 aromatic heterocycles. The SMILES string of the molecule is CCOCCCN(CC(=O)c1c(C)c(C(=O)OCC)n(CC)c1C)C(=O)COCc1ccccc1. The van der Waals surface area contributed by atoms with Crippen molar-refractivity contribution in [1.82, 2.24) is 9.47 Å². The van der Waals surface area contributed by atoms with E-state index in [1.165, 1.54) is 4.90 Å². The quantitative estimate of drug-likeness (QED) is 0.215. The first-order valence-electron chi connectivity index (χ1n) is 12.2. The van der Waals surface area contributed by atoms with Gasteiger partial charge in [-0.3, -0.25) is 9.59 Å². The number of amides is 1. The molecule has 0 radical (unpaired) electrons. The van der Waals surface area contributed by atoms with Gasteiger partial charge >= 0.3 is 5.97 Å². The summed E-state index contributed by atoms with van der Waals surface area (Å²) in [6.07, 6.45) is 0.605. The maximum Gasteiger partial charge on any atom is 0.355 e. The van der Waals surface area contributed by atoms with Crippen LogP contribution in [-0.2, 0) is 32.2 Å². The Morgan fingerprint density at radius 3 is 2.31 bits per heavy atom. The lowest BCUT2D eigenvalue weighted by Gasteiger charge is -2.22. The molecule has 192 valence electrons. The molecule has 0 aliphatic carbocycles. The average molecular weight is 487 g/mol. The molecule has 0 atom stereocenters. The highest BCUT2D eigenvalue weighted by Gasteiger charge is 2.28. The minimum atomic E-state index is -0.451. The molecule has 1 amide bonds. The maximum absolute atomic E-state index is 13.4. The van der Waals surface area contributed by atoms with Crippen LogP contribution in [0.1, 0.15) is 64.9 Å². The number of nitrogens with zero attached hydrogens (tertiary/aromatic N) is 2. The van der Waals surface area contributed by atoms with Crippen LogP contribution in [0.4, 0.5) is 0 Å². The van der Waals surface area contributed by atoms with Gasteiger partial charge in [-0.25, -0.2) is 4.79 Å². The number of Topliss-reactive ketones (excluding diaryl/α,β-unsaturated/α-hetero) is 1. The van der Waals surface area contributed by atoms with Crippen molar-refractivity contribution in [3.05, 3.63) is 58.4 Å². The third-order valence-electron chi connectivity index (χ3n) is 5.78. The molecule has 0 saturated carbocycles. The number of ketones is 1. The van der Waals surface area contributed by atoms with Gasteiger partial charge in [0.15, 0.2) is 5.78 Å². The topological polar surface area (TPSA) is 87.1 Å². The summed E-state index contributed by atoms with van der Waals surface area (Å²) in [5.74, 6) is -0.930. The van der Waals surface area contributed by atoms with Crippen LogP contribution < -0.4 is 0 Å². The number of ether oxygens (including phenoxy) is 3. The summed E-state index contributed by atoms with van der Waals surface area (Å²) < 4.78 is 18.0. The zero-order valence-electron chi connectivity index (χ0n) is 21.6. The van der Waals surface area contributed by atoms with E-state index in [1.807, 2.05) is 51.1 Å². The van der Waals surface area contributed by atoms with Crippen LogP contribution >= 0.6 is 0 Å². The third-order valence-corrected chi connectivity index (χ3v) is 5.78. The molecule has 0 unspecified atom stereocenters. The van der Waals surface area contributed by atoms with E-state index in [-0.39, 0.29) is 31.4 Å². The summed E-state index contributed by atoms with van der Waals surface area (Å²) in [5.41, 5.74) is 3.09. The van der Waals surface area contributed by atoms with Crippen LogP contribution in [-0.4, -0.2) is 66.6 Å². The molecule has 2 aromatic rings. The van der Waals surface area contributed by atoms with Crippen LogP contribution in [0.15, 0.2) is 30.3 Å². The Balaban J connectivity index is 2.17. The van der Waals surface area contributed by atoms with Crippen molar-refractivity contribution in [2.75, 3.05) is 39.5 Å². The molecule has 0 spiro atoms. The highest BCUT2D eigenvalue weighted by molar-refractivity contribution is 6.04. The number of carbonyl (C=O) groups excluding carboxylic acids is 3. The zero-order chi connectivity index (χ0) is 25.8. The van der Waals surface area contributed by atoms with E-state index < -0.39 is 5.97 Å². The van der Waals surface area contributed by atoms with Gasteiger partial charge in [0.05, 0.1) is 19.8 Å². The Morgan fingerprint density at radius 1 is 0.971 bits per heavy atom. The lowest BCUT2D eigenvalue weighted by Crippen LogP contribution is -2.39. The van der Waals surface area contributed by atoms with Gasteiger partial charge in [0, 0.05) is 37.6 Å². The van der Waals surface area contributed by atoms with Gasteiger partial charge in [-0.15, -0.1) is 0 Å². The molecule has 0 saturated heterocycles. The van der Waals surface area contributed by atoms with E-state index in [9.17, 15) is 14.4 Å². The molecule has 0 bridgehead atoms. The Kier molecular flexibility index (Phi) is 11.7. The smallest absolute Gasteiger partial charge is 0.355 e. The lowest BCUT2D eigenvalue weighted by atomic mass is 10.0. The normalized spacial score (nSPS) is 10.9. The minimum absolute atomic E-state index is 0.0999. The van der Waals surface area contributed by atoms with Gasteiger partial charge in [0.2, 0.25) is 5.91 Å². The Labute approximate surface area is 208 Å². The third kappa shape index (κ3) is 7.77. The van der Waals surface area contributed by atoms with Gasteiger partial charge in [0.1, 0.15) is 12.3 Å². The Morgan fingerprint density at radius 2 is 1.69 bits per heavy atom. The fraction of sp³-hybridized carbons (Fsp3) is 0.519. The minimum Gasteiger partial charge on any atom is -0.461 e. The summed E-state index contributed by atoms with van der Waals surface area (Å²) in [4.78, 5) is 40.5. The van der Waals surface area contributed by atoms with E-state index in [2.05, 4.69) is 0 Å². The number of hydrogen-bond donors (Lipinski definition) is 0. The summed E-state index contributed by atoms with van der Waals surface area (Å²) >= 11 is 0. The molecular formula is C27H38N2O6. The van der Waals surface area contributed by atoms with Crippen LogP contribution in [0.2, 0.25) is 0 Å². The number of aromatic nitrogens is 1. The number of rotatable bonds is 15. The van der Waals surface area contributed by atoms with Crippen molar-refractivity contribution in [2.24, 2.45) is 0 Å². The predicted octanol–water partition coefficient (Wildman–Crippen LogP) is 3.96. The van der Waals surface area contributed by atoms with Crippen molar-refractivity contribution >= 4 is 17.7 Å². The molecule has 0 aliphatic rings. The Hall–Kier alpha value is -2.97. The van der Waals surface area contributed by atoms with Gasteiger partial charge in [-0.1, -0.05) is 30.3 Å². The molecule has 0 N–H and O–H groups in total.